The zero-order valence-electron chi connectivity index (χ0n) is 12.6. The van der Waals surface area contributed by atoms with Gasteiger partial charge in [-0.05, 0) is 17.7 Å². The molecule has 0 saturated carbocycles. The Balaban J connectivity index is 2.12. The van der Waals surface area contributed by atoms with Gasteiger partial charge in [-0.2, -0.15) is 0 Å². The Bertz CT molecular complexity index is 594. The van der Waals surface area contributed by atoms with E-state index >= 15 is 0 Å². The van der Waals surface area contributed by atoms with Crippen molar-refractivity contribution in [1.82, 2.24) is 20.2 Å². The number of ether oxygens (including phenoxy) is 1. The first-order valence-electron chi connectivity index (χ1n) is 7.09. The lowest BCUT2D eigenvalue weighted by Gasteiger charge is -2.03. The summed E-state index contributed by atoms with van der Waals surface area (Å²) in [6, 6.07) is 4.00. The van der Waals surface area contributed by atoms with Gasteiger partial charge in [0, 0.05) is 58.0 Å². The Morgan fingerprint density at radius 2 is 2.33 bits per heavy atom. The maximum absolute atomic E-state index is 11.4. The van der Waals surface area contributed by atoms with Gasteiger partial charge in [0.1, 0.15) is 5.65 Å². The number of hydrogen-bond donors (Lipinski definition) is 2. The quantitative estimate of drug-likeness (QED) is 0.709. The number of amides is 1. The lowest BCUT2D eigenvalue weighted by molar-refractivity contribution is -0.120. The van der Waals surface area contributed by atoms with Crippen molar-refractivity contribution < 1.29 is 9.53 Å². The summed E-state index contributed by atoms with van der Waals surface area (Å²) in [5.74, 6) is 0.0348. The van der Waals surface area contributed by atoms with Gasteiger partial charge in [0.05, 0.1) is 6.61 Å². The third kappa shape index (κ3) is 4.03. The molecule has 2 N–H and O–H groups in total. The van der Waals surface area contributed by atoms with Crippen molar-refractivity contribution in [3.8, 4) is 0 Å². The van der Waals surface area contributed by atoms with E-state index < -0.39 is 0 Å². The Hall–Kier alpha value is -1.92. The summed E-state index contributed by atoms with van der Waals surface area (Å²) in [5, 5.41) is 7.10. The molecule has 0 aliphatic carbocycles. The van der Waals surface area contributed by atoms with Gasteiger partial charge < -0.3 is 19.9 Å². The van der Waals surface area contributed by atoms with Crippen molar-refractivity contribution in [2.24, 2.45) is 0 Å². The first-order valence-corrected chi connectivity index (χ1v) is 7.09. The average Bonchev–Trinajstić information content (AvgIpc) is 2.87. The van der Waals surface area contributed by atoms with Crippen LogP contribution in [0.5, 0.6) is 0 Å². The Morgan fingerprint density at radius 3 is 3.10 bits per heavy atom. The van der Waals surface area contributed by atoms with E-state index in [0.717, 1.165) is 24.1 Å². The number of carbonyl (C=O) groups excluding carboxylic acids is 1. The molecule has 0 saturated heterocycles. The van der Waals surface area contributed by atoms with Crippen LogP contribution in [0, 0.1) is 0 Å². The lowest BCUT2D eigenvalue weighted by atomic mass is 10.2. The summed E-state index contributed by atoms with van der Waals surface area (Å²) < 4.78 is 7.06. The summed E-state index contributed by atoms with van der Waals surface area (Å²) in [5.41, 5.74) is 2.11. The number of fused-ring (bicyclic) bond motifs is 1. The minimum Gasteiger partial charge on any atom is -0.383 e. The van der Waals surface area contributed by atoms with E-state index in [-0.39, 0.29) is 5.91 Å². The fourth-order valence-electron chi connectivity index (χ4n) is 2.25. The Kier molecular flexibility index (Phi) is 5.71. The molecule has 0 aliphatic heterocycles. The molecule has 0 aliphatic rings. The molecule has 21 heavy (non-hydrogen) atoms. The number of methoxy groups -OCH3 is 1. The second-order valence-electron chi connectivity index (χ2n) is 4.82. The summed E-state index contributed by atoms with van der Waals surface area (Å²) in [6.45, 7) is 2.89. The minimum absolute atomic E-state index is 0.0348. The zero-order chi connectivity index (χ0) is 15.1. The average molecular weight is 290 g/mol. The number of carbonyl (C=O) groups is 1. The maximum Gasteiger partial charge on any atom is 0.221 e. The predicted octanol–water partition coefficient (Wildman–Crippen LogP) is 0.908. The minimum atomic E-state index is 0.0348. The highest BCUT2D eigenvalue weighted by Crippen LogP contribution is 2.19. The van der Waals surface area contributed by atoms with Crippen molar-refractivity contribution in [1.29, 1.82) is 0 Å². The number of aromatic nitrogens is 2. The van der Waals surface area contributed by atoms with Crippen LogP contribution in [0.4, 0.5) is 0 Å². The molecule has 0 atom stereocenters. The third-order valence-electron chi connectivity index (χ3n) is 3.37. The summed E-state index contributed by atoms with van der Waals surface area (Å²) in [6.07, 6.45) is 4.30. The molecule has 0 fully saturated rings. The molecule has 6 heteroatoms. The van der Waals surface area contributed by atoms with Gasteiger partial charge in [-0.1, -0.05) is 0 Å². The summed E-state index contributed by atoms with van der Waals surface area (Å²) in [4.78, 5) is 15.8. The molecule has 0 aromatic carbocycles. The van der Waals surface area contributed by atoms with Crippen LogP contribution in [-0.2, 0) is 22.6 Å². The molecule has 6 nitrogen and oxygen atoms in total. The molecule has 0 unspecified atom stereocenters. The van der Waals surface area contributed by atoms with Gasteiger partial charge in [0.2, 0.25) is 5.91 Å². The molecule has 0 bridgehead atoms. The highest BCUT2D eigenvalue weighted by Gasteiger charge is 2.09. The fraction of sp³-hybridized carbons (Fsp3) is 0.467. The number of rotatable bonds is 8. The monoisotopic (exact) mass is 290 g/mol. The molecule has 2 rings (SSSR count). The predicted molar refractivity (Wildman–Crippen MR) is 82.0 cm³/mol. The summed E-state index contributed by atoms with van der Waals surface area (Å²) in [7, 11) is 3.34. The summed E-state index contributed by atoms with van der Waals surface area (Å²) >= 11 is 0. The molecule has 2 heterocycles. The van der Waals surface area contributed by atoms with Gasteiger partial charge in [0.15, 0.2) is 0 Å². The van der Waals surface area contributed by atoms with Crippen molar-refractivity contribution in [3.63, 3.8) is 0 Å². The molecule has 2 aromatic rings. The van der Waals surface area contributed by atoms with E-state index in [2.05, 4.69) is 27.9 Å². The van der Waals surface area contributed by atoms with Crippen LogP contribution in [0.25, 0.3) is 11.0 Å². The Labute approximate surface area is 124 Å². The second-order valence-corrected chi connectivity index (χ2v) is 4.82. The van der Waals surface area contributed by atoms with Crippen LogP contribution >= 0.6 is 0 Å². The normalized spacial score (nSPS) is 11.0. The molecule has 1 amide bonds. The van der Waals surface area contributed by atoms with E-state index in [1.54, 1.807) is 20.4 Å². The SMILES string of the molecule is CNC(=O)CCn1cc(CNCCOC)c2cccnc21. The van der Waals surface area contributed by atoms with Gasteiger partial charge in [-0.3, -0.25) is 4.79 Å². The smallest absolute Gasteiger partial charge is 0.221 e. The molecule has 114 valence electrons. The van der Waals surface area contributed by atoms with Crippen molar-refractivity contribution in [3.05, 3.63) is 30.1 Å². The molecule has 0 spiro atoms. The number of pyridine rings is 1. The highest BCUT2D eigenvalue weighted by molar-refractivity contribution is 5.81. The van der Waals surface area contributed by atoms with Crippen LogP contribution in [0.15, 0.2) is 24.5 Å². The van der Waals surface area contributed by atoms with Crippen molar-refractivity contribution >= 4 is 16.9 Å². The Morgan fingerprint density at radius 1 is 1.48 bits per heavy atom. The van der Waals surface area contributed by atoms with E-state index in [1.807, 2.05) is 10.6 Å². The van der Waals surface area contributed by atoms with Crippen LogP contribution in [0.3, 0.4) is 0 Å². The number of nitrogens with one attached hydrogen (secondary N) is 2. The van der Waals surface area contributed by atoms with Crippen LogP contribution in [0.1, 0.15) is 12.0 Å². The van der Waals surface area contributed by atoms with Gasteiger partial charge >= 0.3 is 0 Å². The lowest BCUT2D eigenvalue weighted by Crippen LogP contribution is -2.19. The van der Waals surface area contributed by atoms with Gasteiger partial charge in [-0.25, -0.2) is 4.98 Å². The van der Waals surface area contributed by atoms with Crippen molar-refractivity contribution in [2.45, 2.75) is 19.5 Å². The van der Waals surface area contributed by atoms with E-state index in [1.165, 1.54) is 5.56 Å². The van der Waals surface area contributed by atoms with Crippen LogP contribution in [0.2, 0.25) is 0 Å². The van der Waals surface area contributed by atoms with Crippen LogP contribution < -0.4 is 10.6 Å². The molecule has 0 radical (unpaired) electrons. The number of nitrogens with zero attached hydrogens (tertiary/aromatic N) is 2. The molecular formula is C15H22N4O2. The third-order valence-corrected chi connectivity index (χ3v) is 3.37. The first-order chi connectivity index (χ1) is 10.3. The van der Waals surface area contributed by atoms with Gasteiger partial charge in [0.25, 0.3) is 0 Å². The molecular weight excluding hydrogens is 268 g/mol. The number of aryl methyl sites for hydroxylation is 1. The molecule has 2 aromatic heterocycles. The van der Waals surface area contributed by atoms with Crippen LogP contribution in [-0.4, -0.2) is 42.8 Å². The largest absolute Gasteiger partial charge is 0.383 e. The fourth-order valence-corrected chi connectivity index (χ4v) is 2.25. The topological polar surface area (TPSA) is 68.2 Å². The van der Waals surface area contributed by atoms with Crippen molar-refractivity contribution in [2.75, 3.05) is 27.3 Å². The standard InChI is InChI=1S/C15H22N4O2/c1-16-14(20)5-8-19-11-12(10-17-7-9-21-2)13-4-3-6-18-15(13)19/h3-4,6,11,17H,5,7-10H2,1-2H3,(H,16,20). The zero-order valence-corrected chi connectivity index (χ0v) is 12.6. The van der Waals surface area contributed by atoms with E-state index in [0.29, 0.717) is 19.6 Å². The highest BCUT2D eigenvalue weighted by atomic mass is 16.5. The maximum atomic E-state index is 11.4. The first kappa shape index (κ1) is 15.5. The van der Waals surface area contributed by atoms with E-state index in [4.69, 9.17) is 4.74 Å². The van der Waals surface area contributed by atoms with E-state index in [9.17, 15) is 4.79 Å². The van der Waals surface area contributed by atoms with Gasteiger partial charge in [-0.15, -0.1) is 0 Å². The second kappa shape index (κ2) is 7.75. The number of hydrogen-bond acceptors (Lipinski definition) is 4.